The van der Waals surface area contributed by atoms with Crippen molar-refractivity contribution in [1.29, 1.82) is 0 Å². The van der Waals surface area contributed by atoms with Crippen LogP contribution in [0.25, 0.3) is 32.8 Å². The van der Waals surface area contributed by atoms with Gasteiger partial charge < -0.3 is 10.3 Å². The van der Waals surface area contributed by atoms with Gasteiger partial charge in [0.15, 0.2) is 0 Å². The van der Waals surface area contributed by atoms with Crippen LogP contribution in [0.4, 0.5) is 0 Å². The minimum atomic E-state index is -0.363. The molecule has 1 aromatic heterocycles. The van der Waals surface area contributed by atoms with E-state index in [1.807, 2.05) is 80.2 Å². The highest BCUT2D eigenvalue weighted by Crippen LogP contribution is 2.40. The molecule has 3 N–H and O–H groups in total. The van der Waals surface area contributed by atoms with E-state index in [0.29, 0.717) is 17.7 Å². The van der Waals surface area contributed by atoms with E-state index < -0.39 is 0 Å². The molecule has 5 heteroatoms. The third-order valence-electron chi connectivity index (χ3n) is 6.18. The Morgan fingerprint density at radius 2 is 1.65 bits per heavy atom. The summed E-state index contributed by atoms with van der Waals surface area (Å²) in [5.41, 5.74) is 12.4. The molecule has 2 heterocycles. The monoisotopic (exact) mass is 409 g/mol. The third-order valence-corrected chi connectivity index (χ3v) is 6.18. The molecule has 0 aliphatic carbocycles. The molecule has 0 atom stereocenters. The topological polar surface area (TPSA) is 77.1 Å². The van der Waals surface area contributed by atoms with Crippen molar-refractivity contribution >= 4 is 44.6 Å². The van der Waals surface area contributed by atoms with E-state index in [-0.39, 0.29) is 11.8 Å². The molecule has 2 amide bonds. The minimum absolute atomic E-state index is 0.361. The lowest BCUT2D eigenvalue weighted by molar-refractivity contribution is -0.122. The van der Waals surface area contributed by atoms with Crippen molar-refractivity contribution in [3.8, 4) is 0 Å². The van der Waals surface area contributed by atoms with E-state index in [4.69, 9.17) is 5.73 Å². The van der Waals surface area contributed by atoms with Crippen molar-refractivity contribution in [2.24, 2.45) is 12.8 Å². The van der Waals surface area contributed by atoms with E-state index in [1.165, 1.54) is 0 Å². The van der Waals surface area contributed by atoms with Crippen LogP contribution in [0.3, 0.4) is 0 Å². The second kappa shape index (κ2) is 6.93. The molecule has 1 aliphatic rings. The summed E-state index contributed by atoms with van der Waals surface area (Å²) in [7, 11) is 1.96. The van der Waals surface area contributed by atoms with Crippen LogP contribution in [0.1, 0.15) is 27.8 Å². The Morgan fingerprint density at radius 1 is 0.903 bits per heavy atom. The summed E-state index contributed by atoms with van der Waals surface area (Å²) in [6, 6.07) is 16.1. The van der Waals surface area contributed by atoms with E-state index in [1.54, 1.807) is 0 Å². The molecule has 0 bridgehead atoms. The number of aryl methyl sites for hydroxylation is 3. The van der Waals surface area contributed by atoms with Gasteiger partial charge in [0.05, 0.1) is 16.7 Å². The lowest BCUT2D eigenvalue weighted by Gasteiger charge is -2.13. The molecule has 0 saturated heterocycles. The first-order chi connectivity index (χ1) is 14.9. The fourth-order valence-corrected chi connectivity index (χ4v) is 4.76. The lowest BCUT2D eigenvalue weighted by atomic mass is 9.88. The number of hydrogen-bond donors (Lipinski definition) is 2. The van der Waals surface area contributed by atoms with Gasteiger partial charge in [0.2, 0.25) is 0 Å². The Morgan fingerprint density at radius 3 is 2.42 bits per heavy atom. The van der Waals surface area contributed by atoms with E-state index in [0.717, 1.165) is 49.5 Å². The number of hydrogen-bond acceptors (Lipinski definition) is 3. The maximum absolute atomic E-state index is 13.1. The molecule has 0 unspecified atom stereocenters. The number of para-hydroxylation sites is 1. The molecule has 154 valence electrons. The summed E-state index contributed by atoms with van der Waals surface area (Å²) < 4.78 is 2.02. The number of carbonyl (C=O) groups excluding carboxylic acids is 2. The highest BCUT2D eigenvalue weighted by molar-refractivity contribution is 6.51. The Labute approximate surface area is 180 Å². The first kappa shape index (κ1) is 19.3. The predicted molar refractivity (Wildman–Crippen MR) is 124 cm³/mol. The molecule has 3 aromatic carbocycles. The number of nitrogens with one attached hydrogen (secondary N) is 1. The lowest BCUT2D eigenvalue weighted by Crippen LogP contribution is -2.23. The summed E-state index contributed by atoms with van der Waals surface area (Å²) in [6.07, 6.45) is 1.94. The fourth-order valence-electron chi connectivity index (χ4n) is 4.76. The number of benzene rings is 3. The molecule has 0 spiro atoms. The maximum atomic E-state index is 13.1. The molecule has 5 rings (SSSR count). The van der Waals surface area contributed by atoms with Crippen molar-refractivity contribution in [3.63, 3.8) is 0 Å². The van der Waals surface area contributed by atoms with Crippen LogP contribution in [0, 0.1) is 13.8 Å². The summed E-state index contributed by atoms with van der Waals surface area (Å²) in [5.74, 6) is -0.723. The van der Waals surface area contributed by atoms with Crippen molar-refractivity contribution in [3.05, 3.63) is 82.5 Å². The van der Waals surface area contributed by atoms with Gasteiger partial charge in [-0.2, -0.15) is 0 Å². The van der Waals surface area contributed by atoms with Gasteiger partial charge in [0, 0.05) is 30.7 Å². The smallest absolute Gasteiger partial charge is 0.259 e. The Balaban J connectivity index is 1.91. The number of nitrogens with zero attached hydrogens (tertiary/aromatic N) is 1. The van der Waals surface area contributed by atoms with Crippen LogP contribution < -0.4 is 11.1 Å². The molecular weight excluding hydrogens is 386 g/mol. The highest BCUT2D eigenvalue weighted by atomic mass is 16.2. The van der Waals surface area contributed by atoms with Crippen LogP contribution >= 0.6 is 0 Å². The number of fused-ring (bicyclic) bond motifs is 2. The van der Waals surface area contributed by atoms with Crippen LogP contribution in [0.2, 0.25) is 0 Å². The SMILES string of the molecule is Cc1ccc2ccc(CN)cc2c1C1=C(c2cn(C)c3c(C)cccc23)C(=O)NC1=O. The van der Waals surface area contributed by atoms with E-state index in [9.17, 15) is 9.59 Å². The highest BCUT2D eigenvalue weighted by Gasteiger charge is 2.35. The van der Waals surface area contributed by atoms with Gasteiger partial charge in [-0.25, -0.2) is 0 Å². The Hall–Kier alpha value is -3.70. The van der Waals surface area contributed by atoms with Crippen molar-refractivity contribution < 1.29 is 9.59 Å². The van der Waals surface area contributed by atoms with Crippen LogP contribution in [-0.4, -0.2) is 16.4 Å². The zero-order valence-corrected chi connectivity index (χ0v) is 17.7. The standard InChI is InChI=1S/C26H23N3O2/c1-14-7-9-17-10-8-16(12-27)11-19(17)21(14)23-22(25(30)28-26(23)31)20-13-29(3)24-15(2)5-4-6-18(20)24/h4-11,13H,12,27H2,1-3H3,(H,28,30,31). The number of nitrogens with two attached hydrogens (primary N) is 1. The quantitative estimate of drug-likeness (QED) is 0.503. The average molecular weight is 409 g/mol. The van der Waals surface area contributed by atoms with Crippen molar-refractivity contribution in [1.82, 2.24) is 9.88 Å². The minimum Gasteiger partial charge on any atom is -0.350 e. The molecule has 0 fully saturated rings. The zero-order chi connectivity index (χ0) is 21.9. The number of imide groups is 1. The van der Waals surface area contributed by atoms with Crippen molar-refractivity contribution in [2.75, 3.05) is 0 Å². The molecule has 5 nitrogen and oxygen atoms in total. The molecule has 1 aliphatic heterocycles. The first-order valence-corrected chi connectivity index (χ1v) is 10.3. The molecule has 31 heavy (non-hydrogen) atoms. The van der Waals surface area contributed by atoms with Crippen LogP contribution in [0.15, 0.2) is 54.7 Å². The number of amides is 2. The third kappa shape index (κ3) is 2.81. The second-order valence-corrected chi connectivity index (χ2v) is 8.18. The summed E-state index contributed by atoms with van der Waals surface area (Å²) in [6.45, 7) is 4.42. The number of carbonyl (C=O) groups is 2. The van der Waals surface area contributed by atoms with Gasteiger partial charge in [-0.15, -0.1) is 0 Å². The van der Waals surface area contributed by atoms with Gasteiger partial charge in [0.1, 0.15) is 0 Å². The zero-order valence-electron chi connectivity index (χ0n) is 17.7. The van der Waals surface area contributed by atoms with Gasteiger partial charge in [0.25, 0.3) is 11.8 Å². The molecule has 4 aromatic rings. The Bertz CT molecular complexity index is 1460. The van der Waals surface area contributed by atoms with E-state index in [2.05, 4.69) is 5.32 Å². The Kier molecular flexibility index (Phi) is 4.31. The van der Waals surface area contributed by atoms with Crippen LogP contribution in [0.5, 0.6) is 0 Å². The molecule has 0 radical (unpaired) electrons. The van der Waals surface area contributed by atoms with Gasteiger partial charge in [-0.1, -0.05) is 42.5 Å². The fraction of sp³-hybridized carbons (Fsp3) is 0.154. The summed E-state index contributed by atoms with van der Waals surface area (Å²) in [5, 5.41) is 5.43. The number of rotatable bonds is 3. The van der Waals surface area contributed by atoms with E-state index >= 15 is 0 Å². The molecule has 0 saturated carbocycles. The van der Waals surface area contributed by atoms with Crippen LogP contribution in [-0.2, 0) is 23.2 Å². The number of aromatic nitrogens is 1. The summed E-state index contributed by atoms with van der Waals surface area (Å²) >= 11 is 0. The first-order valence-electron chi connectivity index (χ1n) is 10.3. The second-order valence-electron chi connectivity index (χ2n) is 8.18. The maximum Gasteiger partial charge on any atom is 0.259 e. The predicted octanol–water partition coefficient (Wildman–Crippen LogP) is 3.97. The van der Waals surface area contributed by atoms with Gasteiger partial charge >= 0.3 is 0 Å². The normalized spacial score (nSPS) is 14.2. The van der Waals surface area contributed by atoms with Gasteiger partial charge in [-0.3, -0.25) is 14.9 Å². The van der Waals surface area contributed by atoms with Gasteiger partial charge in [-0.05, 0) is 52.9 Å². The average Bonchev–Trinajstić information content (AvgIpc) is 3.23. The van der Waals surface area contributed by atoms with Crippen molar-refractivity contribution in [2.45, 2.75) is 20.4 Å². The summed E-state index contributed by atoms with van der Waals surface area (Å²) in [4.78, 5) is 26.2. The largest absolute Gasteiger partial charge is 0.350 e. The molecular formula is C26H23N3O2.